The Hall–Kier alpha value is -7.37. The molecule has 7 aromatic carbocycles. The zero-order chi connectivity index (χ0) is 37.9. The van der Waals surface area contributed by atoms with Crippen molar-refractivity contribution in [2.24, 2.45) is 0 Å². The van der Waals surface area contributed by atoms with Crippen molar-refractivity contribution in [2.45, 2.75) is 19.4 Å². The minimum atomic E-state index is -0.0759. The highest BCUT2D eigenvalue weighted by atomic mass is 16.5. The Kier molecular flexibility index (Phi) is 7.78. The summed E-state index contributed by atoms with van der Waals surface area (Å²) in [7, 11) is 0. The van der Waals surface area contributed by atoms with Gasteiger partial charge in [-0.05, 0) is 75.9 Å². The smallest absolute Gasteiger partial charge is 0.164 e. The molecule has 5 heteroatoms. The molecule has 0 fully saturated rings. The fourth-order valence-corrected chi connectivity index (χ4v) is 8.46. The summed E-state index contributed by atoms with van der Waals surface area (Å²) in [5.41, 5.74) is 12.2. The topological polar surface area (TPSA) is 61.0 Å². The zero-order valence-corrected chi connectivity index (χ0v) is 31.2. The Balaban J connectivity index is 1.13. The molecule has 0 amide bonds. The highest BCUT2D eigenvalue weighted by Crippen LogP contribution is 2.48. The number of hydrogen-bond donors (Lipinski definition) is 0. The number of aromatic nitrogens is 3. The molecule has 0 N–H and O–H groups in total. The molecular formula is C52H35N3O2. The second kappa shape index (κ2) is 13.4. The van der Waals surface area contributed by atoms with Gasteiger partial charge >= 0.3 is 0 Å². The van der Waals surface area contributed by atoms with Crippen molar-refractivity contribution >= 4 is 49.9 Å². The molecule has 1 atom stereocenters. The molecule has 11 rings (SSSR count). The fourth-order valence-electron chi connectivity index (χ4n) is 8.46. The summed E-state index contributed by atoms with van der Waals surface area (Å²) in [5.74, 6) is 2.71. The molecule has 3 heterocycles. The quantitative estimate of drug-likeness (QED) is 0.170. The summed E-state index contributed by atoms with van der Waals surface area (Å²) >= 11 is 0. The van der Waals surface area contributed by atoms with E-state index in [0.29, 0.717) is 17.5 Å². The third kappa shape index (κ3) is 5.66. The number of fused-ring (bicyclic) bond motifs is 7. The van der Waals surface area contributed by atoms with Crippen LogP contribution in [0.2, 0.25) is 0 Å². The highest BCUT2D eigenvalue weighted by Gasteiger charge is 2.33. The van der Waals surface area contributed by atoms with Gasteiger partial charge in [-0.2, -0.15) is 0 Å². The van der Waals surface area contributed by atoms with E-state index in [9.17, 15) is 0 Å². The molecular weight excluding hydrogens is 699 g/mol. The summed E-state index contributed by atoms with van der Waals surface area (Å²) in [6, 6.07) is 52.6. The standard InChI is InChI=1S/C52H35N3O2/c1-2-13-32-14-8-9-19-39(32)33-24-26-35(27-25-33)51-53-50(34-15-4-3-5-16-34)54-52(55-51)43-29-38(31-47-49(43)41-20-10-11-22-44(41)56-47)40-21-12-23-45-48(40)42-28-36-17-6-7-18-37(36)30-46(42)57-45/h2-22,24-31,45H,23H2,1H3/b13-2-. The van der Waals surface area contributed by atoms with Crippen molar-refractivity contribution in [1.29, 1.82) is 0 Å². The van der Waals surface area contributed by atoms with Crippen molar-refractivity contribution in [1.82, 2.24) is 15.0 Å². The third-order valence-electron chi connectivity index (χ3n) is 11.1. The van der Waals surface area contributed by atoms with E-state index in [1.807, 2.05) is 49.4 Å². The molecule has 2 aromatic heterocycles. The Bertz CT molecular complexity index is 3140. The van der Waals surface area contributed by atoms with Crippen molar-refractivity contribution in [3.8, 4) is 51.0 Å². The van der Waals surface area contributed by atoms with Crippen LogP contribution >= 0.6 is 0 Å². The lowest BCUT2D eigenvalue weighted by atomic mass is 9.86. The Morgan fingerprint density at radius 2 is 1.25 bits per heavy atom. The number of allylic oxidation sites excluding steroid dienone is 3. The van der Waals surface area contributed by atoms with Gasteiger partial charge in [-0.3, -0.25) is 0 Å². The number of furan rings is 1. The van der Waals surface area contributed by atoms with Crippen molar-refractivity contribution in [3.63, 3.8) is 0 Å². The Morgan fingerprint density at radius 1 is 0.561 bits per heavy atom. The number of benzene rings is 7. The SMILES string of the molecule is C/C=C\c1ccccc1-c1ccc(-c2nc(-c3ccccc3)nc(-c3cc(C4=C5c6cc7ccccc7cc6OC5CC=C4)cc4oc5ccccc5c34)n2)cc1. The molecule has 0 saturated carbocycles. The molecule has 57 heavy (non-hydrogen) atoms. The fraction of sp³-hybridized carbons (Fsp3) is 0.0577. The lowest BCUT2D eigenvalue weighted by Crippen LogP contribution is -2.14. The summed E-state index contributed by atoms with van der Waals surface area (Å²) in [4.78, 5) is 15.6. The molecule has 1 unspecified atom stereocenters. The molecule has 2 aliphatic rings. The summed E-state index contributed by atoms with van der Waals surface area (Å²) < 4.78 is 13.3. The zero-order valence-electron chi connectivity index (χ0n) is 31.2. The predicted molar refractivity (Wildman–Crippen MR) is 232 cm³/mol. The van der Waals surface area contributed by atoms with E-state index in [-0.39, 0.29) is 6.10 Å². The maximum Gasteiger partial charge on any atom is 0.164 e. The van der Waals surface area contributed by atoms with Gasteiger partial charge in [-0.25, -0.2) is 15.0 Å². The lowest BCUT2D eigenvalue weighted by Gasteiger charge is -2.19. The van der Waals surface area contributed by atoms with Crippen LogP contribution in [-0.2, 0) is 0 Å². The van der Waals surface area contributed by atoms with E-state index in [1.165, 1.54) is 27.5 Å². The van der Waals surface area contributed by atoms with Crippen LogP contribution in [0.5, 0.6) is 5.75 Å². The number of rotatable bonds is 6. The first-order chi connectivity index (χ1) is 28.2. The van der Waals surface area contributed by atoms with Crippen LogP contribution in [0.4, 0.5) is 0 Å². The third-order valence-corrected chi connectivity index (χ3v) is 11.1. The minimum absolute atomic E-state index is 0.0759. The minimum Gasteiger partial charge on any atom is -0.485 e. The van der Waals surface area contributed by atoms with E-state index >= 15 is 0 Å². The first kappa shape index (κ1) is 33.0. The van der Waals surface area contributed by atoms with Crippen molar-refractivity contribution < 1.29 is 9.15 Å². The maximum absolute atomic E-state index is 6.64. The second-order valence-electron chi connectivity index (χ2n) is 14.6. The monoisotopic (exact) mass is 733 g/mol. The molecule has 0 spiro atoms. The average molecular weight is 734 g/mol. The normalized spacial score (nSPS) is 14.8. The highest BCUT2D eigenvalue weighted by molar-refractivity contribution is 6.14. The molecule has 0 bridgehead atoms. The summed E-state index contributed by atoms with van der Waals surface area (Å²) in [6.45, 7) is 2.04. The first-order valence-corrected chi connectivity index (χ1v) is 19.4. The van der Waals surface area contributed by atoms with Gasteiger partial charge in [0, 0.05) is 45.0 Å². The number of para-hydroxylation sites is 1. The number of ether oxygens (including phenoxy) is 1. The van der Waals surface area contributed by atoms with Gasteiger partial charge in [0.2, 0.25) is 0 Å². The first-order valence-electron chi connectivity index (χ1n) is 19.4. The Labute approximate surface area is 330 Å². The van der Waals surface area contributed by atoms with Gasteiger partial charge < -0.3 is 9.15 Å². The lowest BCUT2D eigenvalue weighted by molar-refractivity contribution is 0.279. The predicted octanol–water partition coefficient (Wildman–Crippen LogP) is 13.3. The molecule has 0 saturated heterocycles. The molecule has 270 valence electrons. The largest absolute Gasteiger partial charge is 0.485 e. The van der Waals surface area contributed by atoms with Crippen LogP contribution in [0.1, 0.15) is 30.0 Å². The summed E-state index contributed by atoms with van der Waals surface area (Å²) in [5, 5.41) is 4.34. The van der Waals surface area contributed by atoms with E-state index < -0.39 is 0 Å². The number of nitrogens with zero attached hydrogens (tertiary/aromatic N) is 3. The van der Waals surface area contributed by atoms with Crippen LogP contribution in [0.3, 0.4) is 0 Å². The second-order valence-corrected chi connectivity index (χ2v) is 14.6. The van der Waals surface area contributed by atoms with Gasteiger partial charge in [0.15, 0.2) is 17.5 Å². The van der Waals surface area contributed by atoms with Crippen molar-refractivity contribution in [3.05, 3.63) is 187 Å². The van der Waals surface area contributed by atoms with E-state index in [1.54, 1.807) is 0 Å². The molecule has 0 radical (unpaired) electrons. The van der Waals surface area contributed by atoms with Crippen LogP contribution in [0.15, 0.2) is 174 Å². The summed E-state index contributed by atoms with van der Waals surface area (Å²) in [6.07, 6.45) is 9.39. The van der Waals surface area contributed by atoms with Gasteiger partial charge in [0.25, 0.3) is 0 Å². The van der Waals surface area contributed by atoms with E-state index in [2.05, 4.69) is 133 Å². The van der Waals surface area contributed by atoms with E-state index in [4.69, 9.17) is 24.1 Å². The molecule has 9 aromatic rings. The Morgan fingerprint density at radius 3 is 2.07 bits per heavy atom. The molecule has 1 aliphatic heterocycles. The maximum atomic E-state index is 6.64. The number of hydrogen-bond acceptors (Lipinski definition) is 5. The van der Waals surface area contributed by atoms with Crippen molar-refractivity contribution in [2.75, 3.05) is 0 Å². The van der Waals surface area contributed by atoms with Crippen LogP contribution in [0, 0.1) is 0 Å². The van der Waals surface area contributed by atoms with E-state index in [0.717, 1.165) is 73.1 Å². The van der Waals surface area contributed by atoms with Gasteiger partial charge in [-0.15, -0.1) is 0 Å². The molecule has 5 nitrogen and oxygen atoms in total. The van der Waals surface area contributed by atoms with Crippen LogP contribution in [-0.4, -0.2) is 21.1 Å². The van der Waals surface area contributed by atoms with Crippen LogP contribution in [0.25, 0.3) is 95.2 Å². The molecule has 1 aliphatic carbocycles. The van der Waals surface area contributed by atoms with Gasteiger partial charge in [0.1, 0.15) is 23.0 Å². The van der Waals surface area contributed by atoms with Gasteiger partial charge in [0.05, 0.1) is 0 Å². The average Bonchev–Trinajstić information content (AvgIpc) is 3.83. The van der Waals surface area contributed by atoms with Gasteiger partial charge in [-0.1, -0.05) is 146 Å². The van der Waals surface area contributed by atoms with Crippen LogP contribution < -0.4 is 4.74 Å².